The molecule has 1 aromatic rings. The van der Waals surface area contributed by atoms with E-state index in [4.69, 9.17) is 4.74 Å². The average molecular weight is 357 g/mol. The van der Waals surface area contributed by atoms with Crippen LogP contribution >= 0.6 is 27.3 Å². The van der Waals surface area contributed by atoms with Crippen LogP contribution in [0.3, 0.4) is 0 Å². The molecule has 0 aliphatic carbocycles. The topological polar surface area (TPSA) is 84.5 Å². The first-order valence-electron chi connectivity index (χ1n) is 4.95. The third-order valence-corrected chi connectivity index (χ3v) is 5.95. The van der Waals surface area contributed by atoms with Gasteiger partial charge < -0.3 is 10.1 Å². The van der Waals surface area contributed by atoms with Crippen molar-refractivity contribution in [2.75, 3.05) is 26.8 Å². The van der Waals surface area contributed by atoms with Crippen molar-refractivity contribution in [3.8, 4) is 0 Å². The summed E-state index contributed by atoms with van der Waals surface area (Å²) in [4.78, 5) is 11.3. The van der Waals surface area contributed by atoms with E-state index in [0.29, 0.717) is 17.6 Å². The van der Waals surface area contributed by atoms with Gasteiger partial charge in [-0.05, 0) is 27.4 Å². The van der Waals surface area contributed by atoms with E-state index in [1.54, 1.807) is 11.4 Å². The molecule has 0 aromatic carbocycles. The molecular weight excluding hydrogens is 344 g/mol. The van der Waals surface area contributed by atoms with E-state index in [-0.39, 0.29) is 10.8 Å². The van der Waals surface area contributed by atoms with Gasteiger partial charge in [-0.25, -0.2) is 13.1 Å². The van der Waals surface area contributed by atoms with Crippen LogP contribution in [-0.2, 0) is 19.6 Å². The second kappa shape index (κ2) is 7.19. The maximum absolute atomic E-state index is 11.8. The van der Waals surface area contributed by atoms with Gasteiger partial charge in [0.25, 0.3) is 10.0 Å². The summed E-state index contributed by atoms with van der Waals surface area (Å²) in [6, 6.07) is 1.64. The van der Waals surface area contributed by atoms with Crippen molar-refractivity contribution in [1.82, 2.24) is 10.0 Å². The van der Waals surface area contributed by atoms with Crippen LogP contribution in [0.5, 0.6) is 0 Å². The Labute approximate surface area is 118 Å². The predicted molar refractivity (Wildman–Crippen MR) is 72.1 cm³/mol. The van der Waals surface area contributed by atoms with Crippen molar-refractivity contribution < 1.29 is 17.9 Å². The molecule has 2 N–H and O–H groups in total. The number of ether oxygens (including phenoxy) is 1. The first kappa shape index (κ1) is 15.6. The van der Waals surface area contributed by atoms with Gasteiger partial charge in [0.15, 0.2) is 0 Å². The largest absolute Gasteiger partial charge is 0.383 e. The van der Waals surface area contributed by atoms with Gasteiger partial charge in [-0.3, -0.25) is 4.79 Å². The molecule has 0 saturated carbocycles. The number of hydrogen-bond donors (Lipinski definition) is 2. The molecule has 1 rings (SSSR count). The summed E-state index contributed by atoms with van der Waals surface area (Å²) >= 11 is 4.22. The van der Waals surface area contributed by atoms with Gasteiger partial charge in [0, 0.05) is 18.1 Å². The molecule has 0 unspecified atom stereocenters. The van der Waals surface area contributed by atoms with Crippen LogP contribution in [-0.4, -0.2) is 41.1 Å². The summed E-state index contributed by atoms with van der Waals surface area (Å²) in [5.41, 5.74) is 0. The standard InChI is InChI=1S/C9H13BrN2O4S2/c1-16-4-3-11-8(13)6-12-18(14,15)9-7(10)2-5-17-9/h2,5,12H,3-4,6H2,1H3,(H,11,13). The second-order valence-corrected chi connectivity index (χ2v) is 6.96. The van der Waals surface area contributed by atoms with E-state index in [1.807, 2.05) is 0 Å². The van der Waals surface area contributed by atoms with Gasteiger partial charge in [-0.1, -0.05) is 0 Å². The molecule has 18 heavy (non-hydrogen) atoms. The van der Waals surface area contributed by atoms with Crippen LogP contribution in [0.4, 0.5) is 0 Å². The Morgan fingerprint density at radius 3 is 2.83 bits per heavy atom. The van der Waals surface area contributed by atoms with Gasteiger partial charge in [0.2, 0.25) is 5.91 Å². The van der Waals surface area contributed by atoms with Crippen LogP contribution in [0.2, 0.25) is 0 Å². The minimum Gasteiger partial charge on any atom is -0.383 e. The number of hydrogen-bond acceptors (Lipinski definition) is 5. The number of thiophene rings is 1. The number of rotatable bonds is 7. The van der Waals surface area contributed by atoms with Crippen LogP contribution in [0, 0.1) is 0 Å². The summed E-state index contributed by atoms with van der Waals surface area (Å²) in [6.07, 6.45) is 0. The number of nitrogens with one attached hydrogen (secondary N) is 2. The third kappa shape index (κ3) is 4.65. The van der Waals surface area contributed by atoms with Crippen LogP contribution in [0.1, 0.15) is 0 Å². The lowest BCUT2D eigenvalue weighted by atomic mass is 10.6. The molecule has 1 heterocycles. The average Bonchev–Trinajstić information content (AvgIpc) is 2.74. The summed E-state index contributed by atoms with van der Waals surface area (Å²) in [5.74, 6) is -0.400. The fourth-order valence-corrected chi connectivity index (χ4v) is 4.41. The Morgan fingerprint density at radius 2 is 2.28 bits per heavy atom. The van der Waals surface area contributed by atoms with E-state index in [0.717, 1.165) is 11.3 Å². The van der Waals surface area contributed by atoms with E-state index in [1.165, 1.54) is 7.11 Å². The van der Waals surface area contributed by atoms with Gasteiger partial charge in [-0.2, -0.15) is 0 Å². The summed E-state index contributed by atoms with van der Waals surface area (Å²) in [5, 5.41) is 4.17. The fraction of sp³-hybridized carbons (Fsp3) is 0.444. The third-order valence-electron chi connectivity index (χ3n) is 1.88. The summed E-state index contributed by atoms with van der Waals surface area (Å²) in [7, 11) is -2.13. The Morgan fingerprint density at radius 1 is 1.56 bits per heavy atom. The quantitative estimate of drug-likeness (QED) is 0.698. The Balaban J connectivity index is 2.48. The number of methoxy groups -OCH3 is 1. The lowest BCUT2D eigenvalue weighted by molar-refractivity contribution is -0.120. The second-order valence-electron chi connectivity index (χ2n) is 3.22. The highest BCUT2D eigenvalue weighted by molar-refractivity contribution is 9.10. The number of sulfonamides is 1. The van der Waals surface area contributed by atoms with Crippen molar-refractivity contribution in [3.05, 3.63) is 15.9 Å². The van der Waals surface area contributed by atoms with Gasteiger partial charge in [0.05, 0.1) is 13.2 Å². The summed E-state index contributed by atoms with van der Waals surface area (Å²) < 4.78 is 31.3. The predicted octanol–water partition coefficient (Wildman–Crippen LogP) is 0.552. The molecule has 0 fully saturated rings. The molecule has 0 aliphatic rings. The molecule has 1 aromatic heterocycles. The van der Waals surface area contributed by atoms with Crippen molar-refractivity contribution in [2.45, 2.75) is 4.21 Å². The van der Waals surface area contributed by atoms with Crippen LogP contribution < -0.4 is 10.0 Å². The first-order valence-corrected chi connectivity index (χ1v) is 8.11. The summed E-state index contributed by atoms with van der Waals surface area (Å²) in [6.45, 7) is 0.436. The molecule has 0 saturated heterocycles. The Bertz CT molecular complexity index is 500. The molecule has 0 aliphatic heterocycles. The molecule has 6 nitrogen and oxygen atoms in total. The SMILES string of the molecule is COCCNC(=O)CNS(=O)(=O)c1sccc1Br. The van der Waals surface area contributed by atoms with E-state index in [9.17, 15) is 13.2 Å². The fourth-order valence-electron chi connectivity index (χ4n) is 1.05. The molecule has 0 bridgehead atoms. The van der Waals surface area contributed by atoms with Crippen molar-refractivity contribution >= 4 is 43.2 Å². The maximum Gasteiger partial charge on any atom is 0.251 e. The van der Waals surface area contributed by atoms with Gasteiger partial charge in [-0.15, -0.1) is 11.3 Å². The molecule has 9 heteroatoms. The lowest BCUT2D eigenvalue weighted by Crippen LogP contribution is -2.38. The normalized spacial score (nSPS) is 11.4. The van der Waals surface area contributed by atoms with Gasteiger partial charge >= 0.3 is 0 Å². The molecule has 0 atom stereocenters. The first-order chi connectivity index (χ1) is 8.47. The monoisotopic (exact) mass is 356 g/mol. The molecular formula is C9H13BrN2O4S2. The minimum absolute atomic E-state index is 0.159. The molecule has 102 valence electrons. The smallest absolute Gasteiger partial charge is 0.251 e. The van der Waals surface area contributed by atoms with Crippen molar-refractivity contribution in [1.29, 1.82) is 0 Å². The van der Waals surface area contributed by atoms with Crippen LogP contribution in [0.15, 0.2) is 20.1 Å². The zero-order chi connectivity index (χ0) is 13.6. The van der Waals surface area contributed by atoms with Crippen molar-refractivity contribution in [2.24, 2.45) is 0 Å². The molecule has 0 radical (unpaired) electrons. The highest BCUT2D eigenvalue weighted by atomic mass is 79.9. The minimum atomic E-state index is -3.64. The maximum atomic E-state index is 11.8. The van der Waals surface area contributed by atoms with Gasteiger partial charge in [0.1, 0.15) is 4.21 Å². The van der Waals surface area contributed by atoms with E-state index < -0.39 is 15.9 Å². The highest BCUT2D eigenvalue weighted by Crippen LogP contribution is 2.26. The molecule has 1 amide bonds. The molecule has 0 spiro atoms. The van der Waals surface area contributed by atoms with E-state index >= 15 is 0 Å². The Hall–Kier alpha value is -0.480. The number of amides is 1. The number of carbonyl (C=O) groups is 1. The Kier molecular flexibility index (Phi) is 6.22. The number of carbonyl (C=O) groups excluding carboxylic acids is 1. The van der Waals surface area contributed by atoms with Crippen LogP contribution in [0.25, 0.3) is 0 Å². The zero-order valence-corrected chi connectivity index (χ0v) is 12.8. The highest BCUT2D eigenvalue weighted by Gasteiger charge is 2.19. The lowest BCUT2D eigenvalue weighted by Gasteiger charge is -2.06. The zero-order valence-electron chi connectivity index (χ0n) is 9.60. The van der Waals surface area contributed by atoms with Crippen molar-refractivity contribution in [3.63, 3.8) is 0 Å². The van der Waals surface area contributed by atoms with E-state index in [2.05, 4.69) is 26.0 Å². The number of halogens is 1.